The van der Waals surface area contributed by atoms with Crippen molar-refractivity contribution in [3.8, 4) is 0 Å². The lowest BCUT2D eigenvalue weighted by Crippen LogP contribution is -2.31. The molecule has 3 N–H and O–H groups in total. The van der Waals surface area contributed by atoms with Gasteiger partial charge in [0.15, 0.2) is 0 Å². The molecule has 2 rings (SSSR count). The Balaban J connectivity index is 2.49. The number of benzene rings is 1. The van der Waals surface area contributed by atoms with Gasteiger partial charge in [0, 0.05) is 7.05 Å². The smallest absolute Gasteiger partial charge is 0.0880 e. The van der Waals surface area contributed by atoms with Crippen molar-refractivity contribution in [1.29, 1.82) is 0 Å². The third-order valence-corrected chi connectivity index (χ3v) is 3.75. The molecule has 0 saturated carbocycles. The van der Waals surface area contributed by atoms with Gasteiger partial charge in [-0.25, -0.2) is 5.43 Å². The van der Waals surface area contributed by atoms with Crippen molar-refractivity contribution < 1.29 is 0 Å². The van der Waals surface area contributed by atoms with Crippen LogP contribution in [-0.2, 0) is 13.5 Å². The van der Waals surface area contributed by atoms with Gasteiger partial charge in [0.2, 0.25) is 0 Å². The summed E-state index contributed by atoms with van der Waals surface area (Å²) in [5, 5.41) is 4.50. The van der Waals surface area contributed by atoms with Gasteiger partial charge in [-0.3, -0.25) is 10.5 Å². The molecule has 0 aliphatic heterocycles. The van der Waals surface area contributed by atoms with Crippen LogP contribution in [0.3, 0.4) is 0 Å². The Morgan fingerprint density at radius 3 is 2.68 bits per heavy atom. The van der Waals surface area contributed by atoms with Crippen LogP contribution >= 0.6 is 0 Å². The zero-order chi connectivity index (χ0) is 14.0. The van der Waals surface area contributed by atoms with E-state index in [-0.39, 0.29) is 6.04 Å². The van der Waals surface area contributed by atoms with Gasteiger partial charge < -0.3 is 0 Å². The van der Waals surface area contributed by atoms with Gasteiger partial charge in [0.05, 0.1) is 17.4 Å². The second-order valence-electron chi connectivity index (χ2n) is 4.93. The van der Waals surface area contributed by atoms with Crippen LogP contribution in [0, 0.1) is 13.8 Å². The van der Waals surface area contributed by atoms with E-state index in [0.717, 1.165) is 17.8 Å². The number of rotatable bonds is 4. The average Bonchev–Trinajstić information content (AvgIpc) is 2.77. The molecule has 0 aliphatic rings. The van der Waals surface area contributed by atoms with Crippen LogP contribution in [0.25, 0.3) is 0 Å². The fourth-order valence-corrected chi connectivity index (χ4v) is 2.41. The highest BCUT2D eigenvalue weighted by Gasteiger charge is 2.19. The third-order valence-electron chi connectivity index (χ3n) is 3.75. The van der Waals surface area contributed by atoms with E-state index in [4.69, 9.17) is 5.84 Å². The predicted octanol–water partition coefficient (Wildman–Crippen LogP) is 2.15. The van der Waals surface area contributed by atoms with Crippen molar-refractivity contribution in [2.75, 3.05) is 0 Å². The minimum Gasteiger partial charge on any atom is -0.271 e. The van der Waals surface area contributed by atoms with Crippen LogP contribution in [0.4, 0.5) is 0 Å². The molecule has 19 heavy (non-hydrogen) atoms. The Labute approximate surface area is 114 Å². The fourth-order valence-electron chi connectivity index (χ4n) is 2.41. The number of nitrogens with two attached hydrogens (primary N) is 1. The van der Waals surface area contributed by atoms with Crippen molar-refractivity contribution in [1.82, 2.24) is 15.2 Å². The number of nitrogens with one attached hydrogen (secondary N) is 1. The number of nitrogens with zero attached hydrogens (tertiary/aromatic N) is 2. The normalized spacial score (nSPS) is 12.7. The molecule has 0 fully saturated rings. The molecule has 1 aromatic heterocycles. The maximum absolute atomic E-state index is 5.78. The van der Waals surface area contributed by atoms with Crippen LogP contribution in [0.15, 0.2) is 24.3 Å². The Bertz CT molecular complexity index is 572. The maximum atomic E-state index is 5.78. The Morgan fingerprint density at radius 2 is 2.11 bits per heavy atom. The third kappa shape index (κ3) is 2.55. The molecule has 0 bridgehead atoms. The maximum Gasteiger partial charge on any atom is 0.0880 e. The summed E-state index contributed by atoms with van der Waals surface area (Å²) in [6.07, 6.45) is 0.929. The van der Waals surface area contributed by atoms with E-state index in [1.165, 1.54) is 16.7 Å². The Morgan fingerprint density at radius 1 is 1.37 bits per heavy atom. The van der Waals surface area contributed by atoms with E-state index in [1.807, 2.05) is 11.7 Å². The first kappa shape index (κ1) is 13.8. The second-order valence-corrected chi connectivity index (χ2v) is 4.93. The van der Waals surface area contributed by atoms with E-state index >= 15 is 0 Å². The van der Waals surface area contributed by atoms with Gasteiger partial charge in [-0.1, -0.05) is 25.1 Å². The summed E-state index contributed by atoms with van der Waals surface area (Å²) in [4.78, 5) is 0. The monoisotopic (exact) mass is 258 g/mol. The van der Waals surface area contributed by atoms with E-state index in [1.54, 1.807) is 0 Å². The van der Waals surface area contributed by atoms with Gasteiger partial charge in [-0.2, -0.15) is 5.10 Å². The molecule has 4 heteroatoms. The topological polar surface area (TPSA) is 55.9 Å². The van der Waals surface area contributed by atoms with Crippen molar-refractivity contribution >= 4 is 0 Å². The van der Waals surface area contributed by atoms with Gasteiger partial charge in [0.25, 0.3) is 0 Å². The van der Waals surface area contributed by atoms with Gasteiger partial charge in [-0.05, 0) is 43.0 Å². The second kappa shape index (κ2) is 5.55. The zero-order valence-corrected chi connectivity index (χ0v) is 12.1. The highest BCUT2D eigenvalue weighted by molar-refractivity contribution is 5.39. The molecule has 4 nitrogen and oxygen atoms in total. The lowest BCUT2D eigenvalue weighted by molar-refractivity contribution is 0.571. The largest absolute Gasteiger partial charge is 0.271 e. The first-order chi connectivity index (χ1) is 9.08. The first-order valence-electron chi connectivity index (χ1n) is 6.63. The summed E-state index contributed by atoms with van der Waals surface area (Å²) in [6.45, 7) is 6.36. The molecule has 1 aromatic carbocycles. The lowest BCUT2D eigenvalue weighted by atomic mass is 9.95. The lowest BCUT2D eigenvalue weighted by Gasteiger charge is -2.19. The Kier molecular flexibility index (Phi) is 4.02. The van der Waals surface area contributed by atoms with Gasteiger partial charge in [-0.15, -0.1) is 0 Å². The molecule has 1 unspecified atom stereocenters. The predicted molar refractivity (Wildman–Crippen MR) is 77.7 cm³/mol. The minimum atomic E-state index is -0.0299. The number of aromatic nitrogens is 2. The molecule has 0 amide bonds. The molecule has 0 saturated heterocycles. The molecule has 1 atom stereocenters. The van der Waals surface area contributed by atoms with E-state index in [9.17, 15) is 0 Å². The minimum absolute atomic E-state index is 0.0299. The molecular formula is C15H22N4. The van der Waals surface area contributed by atoms with Gasteiger partial charge in [0.1, 0.15) is 0 Å². The summed E-state index contributed by atoms with van der Waals surface area (Å²) in [5.41, 5.74) is 8.84. The van der Waals surface area contributed by atoms with E-state index in [0.29, 0.717) is 0 Å². The highest BCUT2D eigenvalue weighted by Crippen LogP contribution is 2.26. The molecule has 2 aromatic rings. The van der Waals surface area contributed by atoms with Crippen LogP contribution < -0.4 is 11.3 Å². The summed E-state index contributed by atoms with van der Waals surface area (Å²) < 4.78 is 1.91. The molecule has 102 valence electrons. The summed E-state index contributed by atoms with van der Waals surface area (Å²) in [5.74, 6) is 5.78. The zero-order valence-electron chi connectivity index (χ0n) is 12.1. The summed E-state index contributed by atoms with van der Waals surface area (Å²) >= 11 is 0. The van der Waals surface area contributed by atoms with Crippen LogP contribution in [0.5, 0.6) is 0 Å². The molecule has 0 radical (unpaired) electrons. The van der Waals surface area contributed by atoms with Crippen molar-refractivity contribution in [3.05, 3.63) is 52.3 Å². The summed E-state index contributed by atoms with van der Waals surface area (Å²) in [6, 6.07) is 8.39. The number of hydrogen-bond donors (Lipinski definition) is 2. The van der Waals surface area contributed by atoms with Crippen LogP contribution in [0.2, 0.25) is 0 Å². The highest BCUT2D eigenvalue weighted by atomic mass is 15.3. The van der Waals surface area contributed by atoms with Crippen LogP contribution in [-0.4, -0.2) is 9.78 Å². The fraction of sp³-hybridized carbons (Fsp3) is 0.400. The first-order valence-corrected chi connectivity index (χ1v) is 6.63. The number of aryl methyl sites for hydroxylation is 3. The number of hydrazine groups is 1. The van der Waals surface area contributed by atoms with Gasteiger partial charge >= 0.3 is 0 Å². The molecule has 0 spiro atoms. The average molecular weight is 258 g/mol. The van der Waals surface area contributed by atoms with E-state index in [2.05, 4.69) is 55.6 Å². The molecule has 0 aliphatic carbocycles. The SMILES string of the molecule is CCc1cc(C(NN)c2cccc(C)c2C)n(C)n1. The molecule has 1 heterocycles. The quantitative estimate of drug-likeness (QED) is 0.652. The van der Waals surface area contributed by atoms with Crippen LogP contribution in [0.1, 0.15) is 41.0 Å². The number of hydrogen-bond acceptors (Lipinski definition) is 3. The summed E-state index contributed by atoms with van der Waals surface area (Å²) in [7, 11) is 1.96. The standard InChI is InChI=1S/C15H22N4/c1-5-12-9-14(19(4)18-12)15(17-16)13-8-6-7-10(2)11(13)3/h6-9,15,17H,5,16H2,1-4H3. The van der Waals surface area contributed by atoms with Crippen molar-refractivity contribution in [2.45, 2.75) is 33.2 Å². The molecular weight excluding hydrogens is 236 g/mol. The van der Waals surface area contributed by atoms with Crippen molar-refractivity contribution in [3.63, 3.8) is 0 Å². The van der Waals surface area contributed by atoms with Crippen molar-refractivity contribution in [2.24, 2.45) is 12.9 Å². The Hall–Kier alpha value is -1.65. The van der Waals surface area contributed by atoms with E-state index < -0.39 is 0 Å².